The molecule has 1 aromatic heterocycles. The lowest BCUT2D eigenvalue weighted by Crippen LogP contribution is -2.00. The minimum atomic E-state index is 0.263. The van der Waals surface area contributed by atoms with E-state index in [2.05, 4.69) is 10.2 Å². The maximum atomic E-state index is 6.03. The molecule has 2 aromatic rings. The van der Waals surface area contributed by atoms with Crippen molar-refractivity contribution in [2.45, 2.75) is 0 Å². The Kier molecular flexibility index (Phi) is 2.85. The molecule has 0 radical (unpaired) electrons. The minimum Gasteiger partial charge on any atom is -0.397 e. The summed E-state index contributed by atoms with van der Waals surface area (Å²) >= 11 is 11.9. The standard InChI is InChI=1S/C10H8Cl2N4/c11-5-1-2-7(12)6(3-5)10-8(13)4-9(14)15-16-10/h1-4H,(H4,13,14,15). The first kappa shape index (κ1) is 11.0. The summed E-state index contributed by atoms with van der Waals surface area (Å²) in [6.07, 6.45) is 0. The van der Waals surface area contributed by atoms with Crippen LogP contribution in [-0.2, 0) is 0 Å². The van der Waals surface area contributed by atoms with Crippen LogP contribution in [-0.4, -0.2) is 10.2 Å². The molecular formula is C10H8Cl2N4. The Bertz CT molecular complexity index is 542. The van der Waals surface area contributed by atoms with E-state index in [1.54, 1.807) is 18.2 Å². The van der Waals surface area contributed by atoms with Gasteiger partial charge in [0.25, 0.3) is 0 Å². The van der Waals surface area contributed by atoms with Crippen LogP contribution in [0.4, 0.5) is 11.5 Å². The molecule has 4 nitrogen and oxygen atoms in total. The number of nitrogens with zero attached hydrogens (tertiary/aromatic N) is 2. The number of nitrogens with two attached hydrogens (primary N) is 2. The Morgan fingerprint density at radius 3 is 2.44 bits per heavy atom. The molecule has 0 aliphatic carbocycles. The normalized spacial score (nSPS) is 10.4. The molecular weight excluding hydrogens is 247 g/mol. The molecule has 0 bridgehead atoms. The average molecular weight is 255 g/mol. The minimum absolute atomic E-state index is 0.263. The predicted molar refractivity (Wildman–Crippen MR) is 66.3 cm³/mol. The van der Waals surface area contributed by atoms with E-state index in [0.717, 1.165) is 0 Å². The van der Waals surface area contributed by atoms with E-state index in [0.29, 0.717) is 27.0 Å². The van der Waals surface area contributed by atoms with Gasteiger partial charge in [-0.05, 0) is 18.2 Å². The average Bonchev–Trinajstić information content (AvgIpc) is 2.22. The summed E-state index contributed by atoms with van der Waals surface area (Å²) in [4.78, 5) is 0. The van der Waals surface area contributed by atoms with Crippen LogP contribution in [0.5, 0.6) is 0 Å². The van der Waals surface area contributed by atoms with Crippen LogP contribution in [0, 0.1) is 0 Å². The number of nitrogen functional groups attached to an aromatic ring is 2. The smallest absolute Gasteiger partial charge is 0.148 e. The van der Waals surface area contributed by atoms with Gasteiger partial charge in [-0.2, -0.15) is 0 Å². The van der Waals surface area contributed by atoms with Crippen molar-refractivity contribution in [3.63, 3.8) is 0 Å². The third-order valence-electron chi connectivity index (χ3n) is 2.03. The van der Waals surface area contributed by atoms with Gasteiger partial charge in [-0.1, -0.05) is 23.2 Å². The lowest BCUT2D eigenvalue weighted by atomic mass is 10.1. The molecule has 4 N–H and O–H groups in total. The topological polar surface area (TPSA) is 77.8 Å². The van der Waals surface area contributed by atoms with Gasteiger partial charge in [0.05, 0.1) is 10.7 Å². The number of aromatic nitrogens is 2. The highest BCUT2D eigenvalue weighted by molar-refractivity contribution is 6.35. The van der Waals surface area contributed by atoms with Crippen molar-refractivity contribution in [1.82, 2.24) is 10.2 Å². The molecule has 0 amide bonds. The molecule has 0 saturated heterocycles. The number of halogens is 2. The first-order valence-electron chi connectivity index (χ1n) is 4.42. The van der Waals surface area contributed by atoms with Crippen LogP contribution in [0.15, 0.2) is 24.3 Å². The van der Waals surface area contributed by atoms with Crippen LogP contribution < -0.4 is 11.5 Å². The predicted octanol–water partition coefficient (Wildman–Crippen LogP) is 2.61. The maximum Gasteiger partial charge on any atom is 0.148 e. The summed E-state index contributed by atoms with van der Waals surface area (Å²) in [6, 6.07) is 6.57. The van der Waals surface area contributed by atoms with Crippen molar-refractivity contribution >= 4 is 34.7 Å². The molecule has 2 rings (SSSR count). The van der Waals surface area contributed by atoms with E-state index in [1.165, 1.54) is 6.07 Å². The molecule has 1 heterocycles. The zero-order chi connectivity index (χ0) is 11.7. The van der Waals surface area contributed by atoms with Gasteiger partial charge >= 0.3 is 0 Å². The van der Waals surface area contributed by atoms with E-state index < -0.39 is 0 Å². The summed E-state index contributed by atoms with van der Waals surface area (Å²) in [5.74, 6) is 0.263. The van der Waals surface area contributed by atoms with Crippen molar-refractivity contribution in [2.24, 2.45) is 0 Å². The largest absolute Gasteiger partial charge is 0.397 e. The van der Waals surface area contributed by atoms with Gasteiger partial charge in [-0.3, -0.25) is 0 Å². The van der Waals surface area contributed by atoms with Crippen molar-refractivity contribution in [3.05, 3.63) is 34.3 Å². The van der Waals surface area contributed by atoms with Gasteiger partial charge in [-0.15, -0.1) is 10.2 Å². The summed E-state index contributed by atoms with van der Waals surface area (Å²) in [7, 11) is 0. The zero-order valence-corrected chi connectivity index (χ0v) is 9.63. The monoisotopic (exact) mass is 254 g/mol. The molecule has 6 heteroatoms. The maximum absolute atomic E-state index is 6.03. The first-order chi connectivity index (χ1) is 7.58. The molecule has 1 aromatic carbocycles. The number of rotatable bonds is 1. The summed E-state index contributed by atoms with van der Waals surface area (Å²) in [5, 5.41) is 8.70. The fourth-order valence-electron chi connectivity index (χ4n) is 1.31. The number of hydrogen-bond donors (Lipinski definition) is 2. The Morgan fingerprint density at radius 1 is 1.00 bits per heavy atom. The van der Waals surface area contributed by atoms with Gasteiger partial charge in [-0.25, -0.2) is 0 Å². The Balaban J connectivity index is 2.62. The van der Waals surface area contributed by atoms with Gasteiger partial charge < -0.3 is 11.5 Å². The zero-order valence-electron chi connectivity index (χ0n) is 8.11. The Morgan fingerprint density at radius 2 is 1.75 bits per heavy atom. The molecule has 0 atom stereocenters. The van der Waals surface area contributed by atoms with Gasteiger partial charge in [0.2, 0.25) is 0 Å². The van der Waals surface area contributed by atoms with Crippen molar-refractivity contribution in [1.29, 1.82) is 0 Å². The second-order valence-corrected chi connectivity index (χ2v) is 4.04. The highest BCUT2D eigenvalue weighted by atomic mass is 35.5. The fraction of sp³-hybridized carbons (Fsp3) is 0. The van der Waals surface area contributed by atoms with Crippen LogP contribution in [0.25, 0.3) is 11.3 Å². The lowest BCUT2D eigenvalue weighted by molar-refractivity contribution is 1.05. The molecule has 0 aliphatic heterocycles. The quantitative estimate of drug-likeness (QED) is 0.820. The summed E-state index contributed by atoms with van der Waals surface area (Å²) in [6.45, 7) is 0. The molecule has 0 spiro atoms. The van der Waals surface area contributed by atoms with Crippen molar-refractivity contribution < 1.29 is 0 Å². The second-order valence-electron chi connectivity index (χ2n) is 3.20. The SMILES string of the molecule is Nc1cc(N)c(-c2cc(Cl)ccc2Cl)nn1. The number of benzene rings is 1. The Labute approximate surface area is 102 Å². The second kappa shape index (κ2) is 4.15. The van der Waals surface area contributed by atoms with E-state index in [4.69, 9.17) is 34.7 Å². The van der Waals surface area contributed by atoms with Gasteiger partial charge in [0.1, 0.15) is 11.5 Å². The van der Waals surface area contributed by atoms with Crippen LogP contribution >= 0.6 is 23.2 Å². The van der Waals surface area contributed by atoms with E-state index in [1.807, 2.05) is 0 Å². The van der Waals surface area contributed by atoms with Crippen LogP contribution in [0.3, 0.4) is 0 Å². The van der Waals surface area contributed by atoms with Gasteiger partial charge in [0.15, 0.2) is 0 Å². The van der Waals surface area contributed by atoms with Gasteiger partial charge in [0, 0.05) is 16.7 Å². The Hall–Kier alpha value is -1.52. The van der Waals surface area contributed by atoms with Crippen LogP contribution in [0.2, 0.25) is 10.0 Å². The van der Waals surface area contributed by atoms with Crippen molar-refractivity contribution in [2.75, 3.05) is 11.5 Å². The third kappa shape index (κ3) is 2.03. The molecule has 0 fully saturated rings. The number of hydrogen-bond acceptors (Lipinski definition) is 4. The fourth-order valence-corrected chi connectivity index (χ4v) is 1.69. The first-order valence-corrected chi connectivity index (χ1v) is 5.17. The highest BCUT2D eigenvalue weighted by Gasteiger charge is 2.10. The molecule has 0 unspecified atom stereocenters. The van der Waals surface area contributed by atoms with E-state index >= 15 is 0 Å². The molecule has 82 valence electrons. The highest BCUT2D eigenvalue weighted by Crippen LogP contribution is 2.32. The summed E-state index contributed by atoms with van der Waals surface area (Å²) < 4.78 is 0. The van der Waals surface area contributed by atoms with Crippen LogP contribution in [0.1, 0.15) is 0 Å². The summed E-state index contributed by atoms with van der Waals surface area (Å²) in [5.41, 5.74) is 12.8. The third-order valence-corrected chi connectivity index (χ3v) is 2.59. The lowest BCUT2D eigenvalue weighted by Gasteiger charge is -2.06. The van der Waals surface area contributed by atoms with Crippen molar-refractivity contribution in [3.8, 4) is 11.3 Å². The molecule has 0 aliphatic rings. The van der Waals surface area contributed by atoms with E-state index in [-0.39, 0.29) is 5.82 Å². The molecule has 16 heavy (non-hydrogen) atoms. The van der Waals surface area contributed by atoms with E-state index in [9.17, 15) is 0 Å². The molecule has 0 saturated carbocycles. The number of anilines is 2.